The lowest BCUT2D eigenvalue weighted by Crippen LogP contribution is -2.47. The molecule has 8 nitrogen and oxygen atoms in total. The highest BCUT2D eigenvalue weighted by molar-refractivity contribution is 5.56. The van der Waals surface area contributed by atoms with Gasteiger partial charge >= 0.3 is 0 Å². The summed E-state index contributed by atoms with van der Waals surface area (Å²) in [5.41, 5.74) is 3.00. The molecule has 162 valence electrons. The molecule has 0 aliphatic carbocycles. The number of pyridine rings is 1. The first-order chi connectivity index (χ1) is 15.3. The van der Waals surface area contributed by atoms with Crippen LogP contribution in [0.2, 0.25) is 0 Å². The highest BCUT2D eigenvalue weighted by Gasteiger charge is 2.20. The third-order valence-electron chi connectivity index (χ3n) is 6.36. The monoisotopic (exact) mass is 419 g/mol. The number of hydrogen-bond donors (Lipinski definition) is 0. The van der Waals surface area contributed by atoms with E-state index in [1.807, 2.05) is 12.1 Å². The standard InChI is InChI=1S/C23H29N7O/c31-23-7-6-21(19-4-3-8-24-16-19)26-30(23)15-14-27-10-12-28(13-11-27)18-20-17-25-22-5-1-2-9-29(20)22/h3-4,6-8,16-17H,1-2,5,9-15,18H2. The van der Waals surface area contributed by atoms with Gasteiger partial charge in [0, 0.05) is 82.5 Å². The molecule has 3 aromatic rings. The normalized spacial score (nSPS) is 17.5. The van der Waals surface area contributed by atoms with Crippen molar-refractivity contribution in [3.63, 3.8) is 0 Å². The van der Waals surface area contributed by atoms with Gasteiger partial charge in [-0.25, -0.2) is 9.67 Å². The summed E-state index contributed by atoms with van der Waals surface area (Å²) in [5.74, 6) is 1.26. The van der Waals surface area contributed by atoms with Crippen LogP contribution in [0.3, 0.4) is 0 Å². The molecule has 1 saturated heterocycles. The number of rotatable bonds is 6. The molecule has 0 radical (unpaired) electrons. The second-order valence-electron chi connectivity index (χ2n) is 8.41. The predicted molar refractivity (Wildman–Crippen MR) is 119 cm³/mol. The van der Waals surface area contributed by atoms with Crippen molar-refractivity contribution in [2.75, 3.05) is 32.7 Å². The Hall–Kier alpha value is -2.84. The van der Waals surface area contributed by atoms with Gasteiger partial charge in [0.05, 0.1) is 17.9 Å². The molecule has 0 atom stereocenters. The van der Waals surface area contributed by atoms with Crippen molar-refractivity contribution in [1.82, 2.24) is 34.1 Å². The van der Waals surface area contributed by atoms with Crippen LogP contribution in [0.5, 0.6) is 0 Å². The van der Waals surface area contributed by atoms with E-state index in [-0.39, 0.29) is 5.56 Å². The molecule has 0 bridgehead atoms. The quantitative estimate of drug-likeness (QED) is 0.605. The van der Waals surface area contributed by atoms with Gasteiger partial charge in [0.15, 0.2) is 0 Å². The number of imidazole rings is 1. The van der Waals surface area contributed by atoms with Gasteiger partial charge in [-0.1, -0.05) is 0 Å². The van der Waals surface area contributed by atoms with Crippen molar-refractivity contribution in [1.29, 1.82) is 0 Å². The zero-order valence-electron chi connectivity index (χ0n) is 17.9. The van der Waals surface area contributed by atoms with Gasteiger partial charge in [-0.2, -0.15) is 5.10 Å². The van der Waals surface area contributed by atoms with E-state index in [1.165, 1.54) is 24.4 Å². The van der Waals surface area contributed by atoms with E-state index in [0.717, 1.165) is 63.5 Å². The molecule has 5 rings (SSSR count). The van der Waals surface area contributed by atoms with Crippen LogP contribution in [0.25, 0.3) is 11.3 Å². The van der Waals surface area contributed by atoms with Gasteiger partial charge in [-0.05, 0) is 31.0 Å². The minimum atomic E-state index is -0.0585. The minimum absolute atomic E-state index is 0.0585. The minimum Gasteiger partial charge on any atom is -0.331 e. The topological polar surface area (TPSA) is 72.1 Å². The first-order valence-electron chi connectivity index (χ1n) is 11.2. The molecule has 0 unspecified atom stereocenters. The summed E-state index contributed by atoms with van der Waals surface area (Å²) in [5, 5.41) is 4.55. The smallest absolute Gasteiger partial charge is 0.266 e. The molecule has 31 heavy (non-hydrogen) atoms. The van der Waals surface area contributed by atoms with Crippen LogP contribution in [0.1, 0.15) is 24.4 Å². The predicted octanol–water partition coefficient (Wildman–Crippen LogP) is 1.66. The SMILES string of the molecule is O=c1ccc(-c2cccnc2)nn1CCN1CCN(Cc2cnc3n2CCCC3)CC1. The number of piperazine rings is 1. The maximum atomic E-state index is 12.3. The molecular weight excluding hydrogens is 390 g/mol. The maximum absolute atomic E-state index is 12.3. The van der Waals surface area contributed by atoms with Crippen LogP contribution in [-0.2, 0) is 26.1 Å². The summed E-state index contributed by atoms with van der Waals surface area (Å²) in [6.45, 7) is 7.63. The average molecular weight is 420 g/mol. The maximum Gasteiger partial charge on any atom is 0.266 e. The first-order valence-corrected chi connectivity index (χ1v) is 11.2. The molecule has 8 heteroatoms. The largest absolute Gasteiger partial charge is 0.331 e. The Morgan fingerprint density at radius 1 is 0.903 bits per heavy atom. The fraction of sp³-hybridized carbons (Fsp3) is 0.478. The van der Waals surface area contributed by atoms with Crippen LogP contribution in [-0.4, -0.2) is 66.8 Å². The average Bonchev–Trinajstić information content (AvgIpc) is 3.23. The Bertz CT molecular complexity index is 1070. The van der Waals surface area contributed by atoms with E-state index < -0.39 is 0 Å². The Labute approximate surface area is 182 Å². The van der Waals surface area contributed by atoms with Gasteiger partial charge < -0.3 is 4.57 Å². The van der Waals surface area contributed by atoms with Crippen molar-refractivity contribution in [2.45, 2.75) is 38.9 Å². The molecule has 5 heterocycles. The lowest BCUT2D eigenvalue weighted by molar-refractivity contribution is 0.120. The van der Waals surface area contributed by atoms with E-state index >= 15 is 0 Å². The van der Waals surface area contributed by atoms with Gasteiger partial charge in [0.1, 0.15) is 5.82 Å². The Morgan fingerprint density at radius 3 is 2.61 bits per heavy atom. The molecule has 0 saturated carbocycles. The van der Waals surface area contributed by atoms with E-state index in [0.29, 0.717) is 6.54 Å². The van der Waals surface area contributed by atoms with Crippen LogP contribution < -0.4 is 5.56 Å². The fourth-order valence-electron chi connectivity index (χ4n) is 4.52. The van der Waals surface area contributed by atoms with Crippen LogP contribution in [0.4, 0.5) is 0 Å². The molecule has 2 aliphatic rings. The van der Waals surface area contributed by atoms with Gasteiger partial charge in [0.25, 0.3) is 5.56 Å². The Balaban J connectivity index is 1.15. The summed E-state index contributed by atoms with van der Waals surface area (Å²) in [7, 11) is 0. The Kier molecular flexibility index (Phi) is 5.90. The second-order valence-corrected chi connectivity index (χ2v) is 8.41. The third-order valence-corrected chi connectivity index (χ3v) is 6.36. The molecule has 3 aromatic heterocycles. The lowest BCUT2D eigenvalue weighted by atomic mass is 10.1. The highest BCUT2D eigenvalue weighted by atomic mass is 16.1. The molecule has 1 fully saturated rings. The molecule has 0 spiro atoms. The lowest BCUT2D eigenvalue weighted by Gasteiger charge is -2.34. The number of nitrogens with zero attached hydrogens (tertiary/aromatic N) is 7. The molecule has 0 N–H and O–H groups in total. The molecular formula is C23H29N7O. The summed E-state index contributed by atoms with van der Waals surface area (Å²) < 4.78 is 4.00. The van der Waals surface area contributed by atoms with E-state index in [4.69, 9.17) is 0 Å². The highest BCUT2D eigenvalue weighted by Crippen LogP contribution is 2.18. The zero-order valence-corrected chi connectivity index (χ0v) is 17.9. The van der Waals surface area contributed by atoms with Crippen molar-refractivity contribution >= 4 is 0 Å². The van der Waals surface area contributed by atoms with E-state index in [2.05, 4.69) is 35.6 Å². The number of hydrogen-bond acceptors (Lipinski definition) is 6. The number of aryl methyl sites for hydroxylation is 1. The summed E-state index contributed by atoms with van der Waals surface area (Å²) in [4.78, 5) is 26.0. The number of aromatic nitrogens is 5. The van der Waals surface area contributed by atoms with Gasteiger partial charge in [-0.3, -0.25) is 19.6 Å². The van der Waals surface area contributed by atoms with Crippen molar-refractivity contribution in [3.05, 3.63) is 64.7 Å². The van der Waals surface area contributed by atoms with Crippen molar-refractivity contribution in [3.8, 4) is 11.3 Å². The first kappa shape index (κ1) is 20.1. The summed E-state index contributed by atoms with van der Waals surface area (Å²) in [6.07, 6.45) is 9.22. The molecule has 0 aromatic carbocycles. The van der Waals surface area contributed by atoms with Gasteiger partial charge in [-0.15, -0.1) is 0 Å². The number of fused-ring (bicyclic) bond motifs is 1. The molecule has 0 amide bonds. The fourth-order valence-corrected chi connectivity index (χ4v) is 4.52. The summed E-state index contributed by atoms with van der Waals surface area (Å²) >= 11 is 0. The Morgan fingerprint density at radius 2 is 1.77 bits per heavy atom. The summed E-state index contributed by atoms with van der Waals surface area (Å²) in [6, 6.07) is 7.20. The van der Waals surface area contributed by atoms with E-state index in [1.54, 1.807) is 29.2 Å². The molecule has 2 aliphatic heterocycles. The third kappa shape index (κ3) is 4.60. The second kappa shape index (κ2) is 9.11. The van der Waals surface area contributed by atoms with Crippen LogP contribution in [0, 0.1) is 0 Å². The van der Waals surface area contributed by atoms with Crippen molar-refractivity contribution < 1.29 is 0 Å². The van der Waals surface area contributed by atoms with Gasteiger partial charge in [0.2, 0.25) is 0 Å². The van der Waals surface area contributed by atoms with Crippen LogP contribution in [0.15, 0.2) is 47.7 Å². The zero-order chi connectivity index (χ0) is 21.0. The van der Waals surface area contributed by atoms with Crippen molar-refractivity contribution in [2.24, 2.45) is 0 Å². The van der Waals surface area contributed by atoms with Crippen LogP contribution >= 0.6 is 0 Å². The van der Waals surface area contributed by atoms with E-state index in [9.17, 15) is 4.79 Å².